The van der Waals surface area contributed by atoms with Crippen molar-refractivity contribution >= 4 is 27.5 Å². The predicted molar refractivity (Wildman–Crippen MR) is 90.0 cm³/mol. The molecule has 1 unspecified atom stereocenters. The molecule has 0 fully saturated rings. The third-order valence-corrected chi connectivity index (χ3v) is 4.04. The molecule has 0 amide bonds. The Hall–Kier alpha value is -0.960. The van der Waals surface area contributed by atoms with E-state index in [-0.39, 0.29) is 0 Å². The molecule has 0 saturated carbocycles. The molecule has 0 bridgehead atoms. The normalized spacial score (nSPS) is 13.3. The Kier molecular flexibility index (Phi) is 7.75. The van der Waals surface area contributed by atoms with Crippen LogP contribution in [0.4, 0.5) is 0 Å². The summed E-state index contributed by atoms with van der Waals surface area (Å²) in [7, 11) is 1.65. The van der Waals surface area contributed by atoms with E-state index in [2.05, 4.69) is 36.4 Å². The van der Waals surface area contributed by atoms with Crippen LogP contribution in [0.25, 0.3) is 11.6 Å². The summed E-state index contributed by atoms with van der Waals surface area (Å²) in [4.78, 5) is 1.86. The predicted octanol–water partition coefficient (Wildman–Crippen LogP) is 3.83. The maximum Gasteiger partial charge on any atom is 0.127 e. The third-order valence-electron chi connectivity index (χ3n) is 3.55. The topological polar surface area (TPSA) is 18.5 Å². The highest BCUT2D eigenvalue weighted by Gasteiger charge is 2.08. The molecular weight excluding hydrogens is 316 g/mol. The van der Waals surface area contributed by atoms with Crippen molar-refractivity contribution in [3.05, 3.63) is 22.6 Å². The minimum atomic E-state index is 0.619. The molecule has 1 rings (SSSR count). The van der Waals surface area contributed by atoms with Crippen molar-refractivity contribution in [1.29, 1.82) is 0 Å². The lowest BCUT2D eigenvalue weighted by Crippen LogP contribution is -2.18. The number of methoxy groups -OCH3 is 1. The first-order valence-electron chi connectivity index (χ1n) is 7.26. The highest BCUT2D eigenvalue weighted by Crippen LogP contribution is 2.15. The van der Waals surface area contributed by atoms with Gasteiger partial charge in [0, 0.05) is 10.4 Å². The molecule has 0 aromatic heterocycles. The Morgan fingerprint density at radius 1 is 1.30 bits per heavy atom. The van der Waals surface area contributed by atoms with Crippen molar-refractivity contribution in [2.45, 2.75) is 39.5 Å². The van der Waals surface area contributed by atoms with E-state index in [1.807, 2.05) is 17.1 Å². The Labute approximate surface area is 130 Å². The van der Waals surface area contributed by atoms with Gasteiger partial charge in [0.2, 0.25) is 0 Å². The standard InChI is InChI=1S/C17H25BrO2/c1-5-7-8-14(6-2)12-20-17-9-13(3)16(19-4)10-15(17)11-18/h9-11,14H,3,5-8,12H2,1-2,4H3/b15-11-. The Bertz CT molecular complexity index is 510. The van der Waals surface area contributed by atoms with E-state index in [9.17, 15) is 0 Å². The molecular formula is C17H25BrO2. The smallest absolute Gasteiger partial charge is 0.127 e. The van der Waals surface area contributed by atoms with Gasteiger partial charge in [-0.15, -0.1) is 0 Å². The summed E-state index contributed by atoms with van der Waals surface area (Å²) < 4.78 is 11.3. The van der Waals surface area contributed by atoms with E-state index in [0.29, 0.717) is 5.92 Å². The molecule has 2 nitrogen and oxygen atoms in total. The zero-order valence-corrected chi connectivity index (χ0v) is 14.3. The molecule has 1 atom stereocenters. The minimum absolute atomic E-state index is 0.619. The lowest BCUT2D eigenvalue weighted by Gasteiger charge is -2.16. The van der Waals surface area contributed by atoms with Gasteiger partial charge in [-0.2, -0.15) is 0 Å². The quantitative estimate of drug-likeness (QED) is 0.715. The van der Waals surface area contributed by atoms with Crippen LogP contribution in [0.15, 0.2) is 12.1 Å². The maximum absolute atomic E-state index is 6.00. The van der Waals surface area contributed by atoms with E-state index in [1.165, 1.54) is 19.3 Å². The molecule has 0 saturated heterocycles. The zero-order chi connectivity index (χ0) is 15.0. The van der Waals surface area contributed by atoms with Crippen LogP contribution in [0.3, 0.4) is 0 Å². The first-order chi connectivity index (χ1) is 9.65. The van der Waals surface area contributed by atoms with Crippen LogP contribution in [-0.4, -0.2) is 13.7 Å². The molecule has 0 aliphatic heterocycles. The molecule has 112 valence electrons. The van der Waals surface area contributed by atoms with Crippen molar-refractivity contribution < 1.29 is 9.47 Å². The number of benzene rings is 1. The van der Waals surface area contributed by atoms with Gasteiger partial charge in [0.25, 0.3) is 0 Å². The first-order valence-corrected chi connectivity index (χ1v) is 8.17. The monoisotopic (exact) mass is 340 g/mol. The van der Waals surface area contributed by atoms with Gasteiger partial charge in [0.05, 0.1) is 13.7 Å². The van der Waals surface area contributed by atoms with E-state index in [4.69, 9.17) is 9.47 Å². The summed E-state index contributed by atoms with van der Waals surface area (Å²) in [5.41, 5.74) is 0. The minimum Gasteiger partial charge on any atom is -0.496 e. The molecule has 0 aliphatic carbocycles. The van der Waals surface area contributed by atoms with Crippen LogP contribution in [0, 0.1) is 5.92 Å². The van der Waals surface area contributed by atoms with Crippen molar-refractivity contribution in [2.24, 2.45) is 5.92 Å². The van der Waals surface area contributed by atoms with Gasteiger partial charge in [-0.1, -0.05) is 55.6 Å². The molecule has 1 aromatic carbocycles. The average Bonchev–Trinajstić information content (AvgIpc) is 2.47. The summed E-state index contributed by atoms with van der Waals surface area (Å²) >= 11 is 3.38. The molecule has 0 heterocycles. The van der Waals surface area contributed by atoms with Crippen molar-refractivity contribution in [2.75, 3.05) is 13.7 Å². The van der Waals surface area contributed by atoms with Crippen molar-refractivity contribution in [3.63, 3.8) is 0 Å². The lowest BCUT2D eigenvalue weighted by atomic mass is 10.0. The second kappa shape index (κ2) is 9.06. The lowest BCUT2D eigenvalue weighted by molar-refractivity contribution is 0.231. The van der Waals surface area contributed by atoms with E-state index in [1.54, 1.807) is 7.11 Å². The average molecular weight is 341 g/mol. The highest BCUT2D eigenvalue weighted by molar-refractivity contribution is 9.14. The first kappa shape index (κ1) is 17.1. The summed E-state index contributed by atoms with van der Waals surface area (Å²) in [6.45, 7) is 9.20. The van der Waals surface area contributed by atoms with E-state index < -0.39 is 0 Å². The molecule has 0 N–H and O–H groups in total. The molecule has 1 aromatic rings. The summed E-state index contributed by atoms with van der Waals surface area (Å²) in [6.07, 6.45) is 4.89. The molecule has 3 heteroatoms. The molecule has 20 heavy (non-hydrogen) atoms. The largest absolute Gasteiger partial charge is 0.496 e. The van der Waals surface area contributed by atoms with Gasteiger partial charge < -0.3 is 9.47 Å². The van der Waals surface area contributed by atoms with Crippen LogP contribution in [-0.2, 0) is 0 Å². The number of hydrogen-bond donors (Lipinski definition) is 0. The van der Waals surface area contributed by atoms with Gasteiger partial charge in [0.1, 0.15) is 11.5 Å². The number of unbranched alkanes of at least 4 members (excludes halogenated alkanes) is 1. The maximum atomic E-state index is 6.00. The number of ether oxygens (including phenoxy) is 2. The Morgan fingerprint density at radius 2 is 2.05 bits per heavy atom. The van der Waals surface area contributed by atoms with Gasteiger partial charge in [-0.25, -0.2) is 0 Å². The fourth-order valence-electron chi connectivity index (χ4n) is 2.12. The summed E-state index contributed by atoms with van der Waals surface area (Å²) in [5, 5.41) is 1.84. The SMILES string of the molecule is C=c1cc(OCC(CC)CCCC)/c(=C\Br)cc1OC. The van der Waals surface area contributed by atoms with Crippen LogP contribution >= 0.6 is 15.9 Å². The Balaban J connectivity index is 2.82. The fourth-order valence-corrected chi connectivity index (χ4v) is 2.48. The third kappa shape index (κ3) is 4.86. The summed E-state index contributed by atoms with van der Waals surface area (Å²) in [5.74, 6) is 2.26. The van der Waals surface area contributed by atoms with E-state index in [0.717, 1.165) is 35.0 Å². The van der Waals surface area contributed by atoms with Gasteiger partial charge in [0.15, 0.2) is 0 Å². The number of halogens is 1. The molecule has 0 aliphatic rings. The van der Waals surface area contributed by atoms with Gasteiger partial charge >= 0.3 is 0 Å². The molecule has 0 radical (unpaired) electrons. The number of rotatable bonds is 8. The van der Waals surface area contributed by atoms with Crippen molar-refractivity contribution in [3.8, 4) is 11.5 Å². The zero-order valence-electron chi connectivity index (χ0n) is 12.7. The Morgan fingerprint density at radius 3 is 2.60 bits per heavy atom. The summed E-state index contributed by atoms with van der Waals surface area (Å²) in [6, 6.07) is 3.89. The van der Waals surface area contributed by atoms with Crippen LogP contribution in [0.1, 0.15) is 39.5 Å². The van der Waals surface area contributed by atoms with Crippen LogP contribution < -0.4 is 19.9 Å². The number of hydrogen-bond acceptors (Lipinski definition) is 2. The van der Waals surface area contributed by atoms with Crippen LogP contribution in [0.5, 0.6) is 11.5 Å². The van der Waals surface area contributed by atoms with Crippen molar-refractivity contribution in [1.82, 2.24) is 0 Å². The second-order valence-corrected chi connectivity index (χ2v) is 5.50. The van der Waals surface area contributed by atoms with Gasteiger partial charge in [-0.05, 0) is 29.5 Å². The van der Waals surface area contributed by atoms with Gasteiger partial charge in [-0.3, -0.25) is 0 Å². The second-order valence-electron chi connectivity index (χ2n) is 5.04. The van der Waals surface area contributed by atoms with E-state index >= 15 is 0 Å². The highest BCUT2D eigenvalue weighted by atomic mass is 79.9. The molecule has 0 spiro atoms. The van der Waals surface area contributed by atoms with Crippen LogP contribution in [0.2, 0.25) is 0 Å². The fraction of sp³-hybridized carbons (Fsp3) is 0.529.